The molecule has 0 aromatic carbocycles. The molecule has 0 aliphatic carbocycles. The number of unbranched alkanes of at least 4 members (excludes halogenated alkanes) is 3. The molecule has 1 aliphatic heterocycles. The standard InChI is InChI=1S/C14H29N/c1-3-5-6-8-11-14(4-2)15-12-9-7-10-13-15/h14H,3-13H2,1-2H3. The normalized spacial score (nSPS) is 20.4. The van der Waals surface area contributed by atoms with Gasteiger partial charge >= 0.3 is 0 Å². The minimum atomic E-state index is 0.891. The second-order valence-electron chi connectivity index (χ2n) is 5.01. The van der Waals surface area contributed by atoms with Gasteiger partial charge in [-0.3, -0.25) is 0 Å². The average Bonchev–Trinajstić information content (AvgIpc) is 2.30. The lowest BCUT2D eigenvalue weighted by Gasteiger charge is -2.34. The van der Waals surface area contributed by atoms with Gasteiger partial charge in [-0.15, -0.1) is 0 Å². The molecule has 1 nitrogen and oxygen atoms in total. The van der Waals surface area contributed by atoms with Gasteiger partial charge in [-0.2, -0.15) is 0 Å². The van der Waals surface area contributed by atoms with Gasteiger partial charge in [0.25, 0.3) is 0 Å². The Labute approximate surface area is 96.2 Å². The van der Waals surface area contributed by atoms with Gasteiger partial charge in [0.1, 0.15) is 0 Å². The predicted octanol–water partition coefficient (Wildman–Crippen LogP) is 4.22. The summed E-state index contributed by atoms with van der Waals surface area (Å²) in [5.41, 5.74) is 0. The fourth-order valence-corrected chi connectivity index (χ4v) is 2.74. The average molecular weight is 211 g/mol. The van der Waals surface area contributed by atoms with E-state index in [4.69, 9.17) is 0 Å². The van der Waals surface area contributed by atoms with Crippen molar-refractivity contribution in [1.82, 2.24) is 4.90 Å². The first-order valence-corrected chi connectivity index (χ1v) is 7.12. The molecule has 1 fully saturated rings. The van der Waals surface area contributed by atoms with E-state index in [1.807, 2.05) is 0 Å². The molecule has 0 N–H and O–H groups in total. The molecule has 1 heteroatoms. The summed E-state index contributed by atoms with van der Waals surface area (Å²) in [6.45, 7) is 7.39. The van der Waals surface area contributed by atoms with E-state index in [-0.39, 0.29) is 0 Å². The van der Waals surface area contributed by atoms with Gasteiger partial charge in [-0.05, 0) is 38.8 Å². The zero-order valence-corrected chi connectivity index (χ0v) is 10.8. The van der Waals surface area contributed by atoms with Gasteiger partial charge in [0, 0.05) is 6.04 Å². The first-order valence-electron chi connectivity index (χ1n) is 7.12. The topological polar surface area (TPSA) is 3.24 Å². The van der Waals surface area contributed by atoms with E-state index < -0.39 is 0 Å². The molecule has 90 valence electrons. The van der Waals surface area contributed by atoms with Crippen molar-refractivity contribution in [3.63, 3.8) is 0 Å². The van der Waals surface area contributed by atoms with Crippen molar-refractivity contribution < 1.29 is 0 Å². The SMILES string of the molecule is CCCCCCC(CC)N1CCCCC1. The highest BCUT2D eigenvalue weighted by atomic mass is 15.2. The zero-order valence-electron chi connectivity index (χ0n) is 10.8. The number of hydrogen-bond donors (Lipinski definition) is 0. The van der Waals surface area contributed by atoms with Crippen molar-refractivity contribution in [2.45, 2.75) is 77.7 Å². The Morgan fingerprint density at radius 1 is 0.933 bits per heavy atom. The first-order chi connectivity index (χ1) is 7.38. The van der Waals surface area contributed by atoms with Crippen LogP contribution in [0.3, 0.4) is 0 Å². The van der Waals surface area contributed by atoms with Crippen molar-refractivity contribution in [1.29, 1.82) is 0 Å². The van der Waals surface area contributed by atoms with Crippen LogP contribution >= 0.6 is 0 Å². The maximum Gasteiger partial charge on any atom is 0.00926 e. The lowest BCUT2D eigenvalue weighted by Crippen LogP contribution is -2.38. The Morgan fingerprint density at radius 3 is 2.27 bits per heavy atom. The summed E-state index contributed by atoms with van der Waals surface area (Å²) in [5, 5.41) is 0. The maximum atomic E-state index is 2.75. The molecule has 1 saturated heterocycles. The molecule has 1 atom stereocenters. The quantitative estimate of drug-likeness (QED) is 0.570. The van der Waals surface area contributed by atoms with Crippen LogP contribution in [-0.4, -0.2) is 24.0 Å². The summed E-state index contributed by atoms with van der Waals surface area (Å²) in [7, 11) is 0. The second kappa shape index (κ2) is 8.15. The van der Waals surface area contributed by atoms with E-state index in [0.717, 1.165) is 6.04 Å². The Balaban J connectivity index is 2.15. The minimum absolute atomic E-state index is 0.891. The molecule has 1 rings (SSSR count). The summed E-state index contributed by atoms with van der Waals surface area (Å²) in [4.78, 5) is 2.75. The zero-order chi connectivity index (χ0) is 10.9. The highest BCUT2D eigenvalue weighted by molar-refractivity contribution is 4.73. The van der Waals surface area contributed by atoms with Crippen LogP contribution < -0.4 is 0 Å². The van der Waals surface area contributed by atoms with E-state index >= 15 is 0 Å². The molecular weight excluding hydrogens is 182 g/mol. The van der Waals surface area contributed by atoms with Crippen molar-refractivity contribution in [3.05, 3.63) is 0 Å². The summed E-state index contributed by atoms with van der Waals surface area (Å²) in [6.07, 6.45) is 12.8. The molecule has 1 heterocycles. The summed E-state index contributed by atoms with van der Waals surface area (Å²) < 4.78 is 0. The number of nitrogens with zero attached hydrogens (tertiary/aromatic N) is 1. The fraction of sp³-hybridized carbons (Fsp3) is 1.00. The first kappa shape index (κ1) is 13.0. The third-order valence-corrected chi connectivity index (χ3v) is 3.77. The van der Waals surface area contributed by atoms with Gasteiger partial charge < -0.3 is 4.90 Å². The number of hydrogen-bond acceptors (Lipinski definition) is 1. The van der Waals surface area contributed by atoms with Crippen LogP contribution in [0.2, 0.25) is 0 Å². The molecule has 0 amide bonds. The van der Waals surface area contributed by atoms with Crippen LogP contribution in [0.25, 0.3) is 0 Å². The third-order valence-electron chi connectivity index (χ3n) is 3.77. The van der Waals surface area contributed by atoms with Crippen LogP contribution in [0.15, 0.2) is 0 Å². The molecule has 0 aromatic heterocycles. The Kier molecular flexibility index (Phi) is 7.08. The van der Waals surface area contributed by atoms with Crippen LogP contribution in [-0.2, 0) is 0 Å². The highest BCUT2D eigenvalue weighted by Crippen LogP contribution is 2.18. The maximum absolute atomic E-state index is 2.75. The van der Waals surface area contributed by atoms with Crippen molar-refractivity contribution in [2.75, 3.05) is 13.1 Å². The summed E-state index contributed by atoms with van der Waals surface area (Å²) in [5.74, 6) is 0. The van der Waals surface area contributed by atoms with E-state index in [0.29, 0.717) is 0 Å². The Hall–Kier alpha value is -0.0400. The van der Waals surface area contributed by atoms with Gasteiger partial charge in [-0.25, -0.2) is 0 Å². The van der Waals surface area contributed by atoms with E-state index in [1.165, 1.54) is 70.9 Å². The van der Waals surface area contributed by atoms with Crippen LogP contribution in [0.4, 0.5) is 0 Å². The van der Waals surface area contributed by atoms with E-state index in [1.54, 1.807) is 0 Å². The van der Waals surface area contributed by atoms with Gasteiger partial charge in [0.2, 0.25) is 0 Å². The van der Waals surface area contributed by atoms with Gasteiger partial charge in [0.05, 0.1) is 0 Å². The number of likely N-dealkylation sites (tertiary alicyclic amines) is 1. The number of piperidine rings is 1. The van der Waals surface area contributed by atoms with Gasteiger partial charge in [-0.1, -0.05) is 46.0 Å². The summed E-state index contributed by atoms with van der Waals surface area (Å²) in [6, 6.07) is 0.891. The van der Waals surface area contributed by atoms with Crippen LogP contribution in [0.5, 0.6) is 0 Å². The highest BCUT2D eigenvalue weighted by Gasteiger charge is 2.18. The van der Waals surface area contributed by atoms with Crippen LogP contribution in [0.1, 0.15) is 71.6 Å². The van der Waals surface area contributed by atoms with Crippen LogP contribution in [0, 0.1) is 0 Å². The predicted molar refractivity (Wildman–Crippen MR) is 68.3 cm³/mol. The smallest absolute Gasteiger partial charge is 0.00926 e. The molecule has 0 aromatic rings. The molecular formula is C14H29N. The molecule has 1 aliphatic rings. The monoisotopic (exact) mass is 211 g/mol. The lowest BCUT2D eigenvalue weighted by molar-refractivity contribution is 0.148. The van der Waals surface area contributed by atoms with Crippen molar-refractivity contribution in [3.8, 4) is 0 Å². The summed E-state index contributed by atoms with van der Waals surface area (Å²) >= 11 is 0. The third kappa shape index (κ3) is 5.01. The van der Waals surface area contributed by atoms with E-state index in [2.05, 4.69) is 18.7 Å². The molecule has 0 saturated carbocycles. The van der Waals surface area contributed by atoms with Crippen molar-refractivity contribution >= 4 is 0 Å². The Bertz CT molecular complexity index is 138. The van der Waals surface area contributed by atoms with E-state index in [9.17, 15) is 0 Å². The Morgan fingerprint density at radius 2 is 1.67 bits per heavy atom. The fourth-order valence-electron chi connectivity index (χ4n) is 2.74. The van der Waals surface area contributed by atoms with Crippen molar-refractivity contribution in [2.24, 2.45) is 0 Å². The molecule has 0 spiro atoms. The molecule has 15 heavy (non-hydrogen) atoms. The number of rotatable bonds is 7. The molecule has 1 unspecified atom stereocenters. The second-order valence-corrected chi connectivity index (χ2v) is 5.01. The molecule has 0 bridgehead atoms. The van der Waals surface area contributed by atoms with Gasteiger partial charge in [0.15, 0.2) is 0 Å². The largest absolute Gasteiger partial charge is 0.300 e. The lowest BCUT2D eigenvalue weighted by atomic mass is 10.0. The minimum Gasteiger partial charge on any atom is -0.300 e. The molecule has 0 radical (unpaired) electrons.